The SMILES string of the molecule is Cc1cc(C)c(S(=O)(=O)N2C(=O)CC[C@@H]2C(=O)Nc2cccc(C(F)(F)F)c2)c(C)c1. The highest BCUT2D eigenvalue weighted by Crippen LogP contribution is 2.33. The van der Waals surface area contributed by atoms with Crippen LogP contribution >= 0.6 is 0 Å². The van der Waals surface area contributed by atoms with Gasteiger partial charge in [0.05, 0.1) is 10.5 Å². The minimum Gasteiger partial charge on any atom is -0.324 e. The van der Waals surface area contributed by atoms with E-state index in [-0.39, 0.29) is 23.4 Å². The lowest BCUT2D eigenvalue weighted by Gasteiger charge is -2.25. The third kappa shape index (κ3) is 4.43. The van der Waals surface area contributed by atoms with Crippen LogP contribution in [0.25, 0.3) is 0 Å². The van der Waals surface area contributed by atoms with Crippen molar-refractivity contribution in [2.24, 2.45) is 0 Å². The summed E-state index contributed by atoms with van der Waals surface area (Å²) in [6, 6.07) is 5.97. The molecule has 0 saturated carbocycles. The molecule has 2 aromatic carbocycles. The fourth-order valence-electron chi connectivity index (χ4n) is 3.87. The van der Waals surface area contributed by atoms with E-state index >= 15 is 0 Å². The van der Waals surface area contributed by atoms with Crippen LogP contribution in [-0.2, 0) is 25.8 Å². The number of carbonyl (C=O) groups is 2. The standard InChI is InChI=1S/C21H21F3N2O4S/c1-12-9-13(2)19(14(3)10-12)31(29,30)26-17(7-8-18(26)27)20(28)25-16-6-4-5-15(11-16)21(22,23)24/h4-6,9-11,17H,7-8H2,1-3H3,(H,25,28)/t17-/m1/s1. The molecular weight excluding hydrogens is 433 g/mol. The number of aryl methyl sites for hydroxylation is 3. The highest BCUT2D eigenvalue weighted by atomic mass is 32.2. The molecule has 10 heteroatoms. The normalized spacial score (nSPS) is 17.2. The number of benzene rings is 2. The molecule has 0 spiro atoms. The van der Waals surface area contributed by atoms with Crippen LogP contribution < -0.4 is 5.32 Å². The number of nitrogens with zero attached hydrogens (tertiary/aromatic N) is 1. The van der Waals surface area contributed by atoms with Crippen LogP contribution in [0.3, 0.4) is 0 Å². The van der Waals surface area contributed by atoms with E-state index < -0.39 is 39.6 Å². The second kappa shape index (κ2) is 7.99. The first-order valence-electron chi connectivity index (χ1n) is 9.45. The zero-order valence-electron chi connectivity index (χ0n) is 17.1. The zero-order chi connectivity index (χ0) is 23.1. The summed E-state index contributed by atoms with van der Waals surface area (Å²) in [5.41, 5.74) is 0.631. The van der Waals surface area contributed by atoms with E-state index in [1.165, 1.54) is 6.07 Å². The van der Waals surface area contributed by atoms with E-state index in [0.29, 0.717) is 15.4 Å². The van der Waals surface area contributed by atoms with Gasteiger partial charge in [-0.05, 0) is 56.5 Å². The molecule has 1 heterocycles. The van der Waals surface area contributed by atoms with Crippen molar-refractivity contribution >= 4 is 27.5 Å². The number of carbonyl (C=O) groups excluding carboxylic acids is 2. The summed E-state index contributed by atoms with van der Waals surface area (Å²) in [5, 5.41) is 2.31. The molecule has 166 valence electrons. The summed E-state index contributed by atoms with van der Waals surface area (Å²) in [5.74, 6) is -1.60. The molecule has 0 aliphatic carbocycles. The van der Waals surface area contributed by atoms with E-state index in [0.717, 1.165) is 23.8 Å². The monoisotopic (exact) mass is 454 g/mol. The largest absolute Gasteiger partial charge is 0.416 e. The Morgan fingerprint density at radius 2 is 1.71 bits per heavy atom. The zero-order valence-corrected chi connectivity index (χ0v) is 17.9. The molecule has 2 aromatic rings. The molecule has 3 rings (SSSR count). The molecule has 1 saturated heterocycles. The quantitative estimate of drug-likeness (QED) is 0.758. The van der Waals surface area contributed by atoms with Crippen molar-refractivity contribution in [2.75, 3.05) is 5.32 Å². The lowest BCUT2D eigenvalue weighted by molar-refractivity contribution is -0.137. The molecule has 0 unspecified atom stereocenters. The number of alkyl halides is 3. The van der Waals surface area contributed by atoms with Crippen molar-refractivity contribution in [2.45, 2.75) is 50.7 Å². The topological polar surface area (TPSA) is 83.6 Å². The average molecular weight is 454 g/mol. The van der Waals surface area contributed by atoms with Gasteiger partial charge >= 0.3 is 6.18 Å². The maximum atomic E-state index is 13.3. The van der Waals surface area contributed by atoms with Crippen LogP contribution in [0.1, 0.15) is 35.1 Å². The highest BCUT2D eigenvalue weighted by Gasteiger charge is 2.45. The van der Waals surface area contributed by atoms with Gasteiger partial charge in [-0.1, -0.05) is 23.8 Å². The van der Waals surface area contributed by atoms with Gasteiger partial charge in [-0.15, -0.1) is 0 Å². The number of hydrogen-bond acceptors (Lipinski definition) is 4. The number of nitrogens with one attached hydrogen (secondary N) is 1. The Kier molecular flexibility index (Phi) is 5.88. The Morgan fingerprint density at radius 3 is 2.29 bits per heavy atom. The third-order valence-corrected chi connectivity index (χ3v) is 7.18. The maximum absolute atomic E-state index is 13.3. The molecule has 1 aliphatic heterocycles. The first-order valence-corrected chi connectivity index (χ1v) is 10.9. The summed E-state index contributed by atoms with van der Waals surface area (Å²) >= 11 is 0. The minimum atomic E-state index is -4.60. The Hall–Kier alpha value is -2.88. The van der Waals surface area contributed by atoms with Crippen LogP contribution in [0.4, 0.5) is 18.9 Å². The molecule has 6 nitrogen and oxygen atoms in total. The van der Waals surface area contributed by atoms with Crippen molar-refractivity contribution in [1.82, 2.24) is 4.31 Å². The van der Waals surface area contributed by atoms with Crippen molar-refractivity contribution in [3.8, 4) is 0 Å². The van der Waals surface area contributed by atoms with Crippen LogP contribution in [-0.4, -0.2) is 30.6 Å². The number of amides is 2. The van der Waals surface area contributed by atoms with Gasteiger partial charge in [0.25, 0.3) is 10.0 Å². The maximum Gasteiger partial charge on any atom is 0.416 e. The van der Waals surface area contributed by atoms with Crippen molar-refractivity contribution < 1.29 is 31.2 Å². The van der Waals surface area contributed by atoms with E-state index in [2.05, 4.69) is 5.32 Å². The third-order valence-electron chi connectivity index (χ3n) is 5.04. The van der Waals surface area contributed by atoms with Crippen molar-refractivity contribution in [1.29, 1.82) is 0 Å². The average Bonchev–Trinajstić information content (AvgIpc) is 3.02. The summed E-state index contributed by atoms with van der Waals surface area (Å²) in [4.78, 5) is 25.2. The Labute approximate surface area is 178 Å². The predicted molar refractivity (Wildman–Crippen MR) is 108 cm³/mol. The van der Waals surface area contributed by atoms with Crippen LogP contribution in [0.2, 0.25) is 0 Å². The summed E-state index contributed by atoms with van der Waals surface area (Å²) in [6.45, 7) is 5.01. The minimum absolute atomic E-state index is 0.0507. The molecule has 0 radical (unpaired) electrons. The first kappa shape index (κ1) is 22.8. The smallest absolute Gasteiger partial charge is 0.324 e. The van der Waals surface area contributed by atoms with Gasteiger partial charge in [-0.2, -0.15) is 13.2 Å². The van der Waals surface area contributed by atoms with E-state index in [9.17, 15) is 31.2 Å². The second-order valence-electron chi connectivity index (χ2n) is 7.54. The van der Waals surface area contributed by atoms with Gasteiger partial charge in [0.1, 0.15) is 6.04 Å². The fraction of sp³-hybridized carbons (Fsp3) is 0.333. The number of rotatable bonds is 4. The molecular formula is C21H21F3N2O4S. The van der Waals surface area contributed by atoms with Gasteiger partial charge in [0.15, 0.2) is 0 Å². The highest BCUT2D eigenvalue weighted by molar-refractivity contribution is 7.89. The van der Waals surface area contributed by atoms with Gasteiger partial charge < -0.3 is 5.32 Å². The molecule has 1 aliphatic rings. The van der Waals surface area contributed by atoms with Gasteiger partial charge in [0, 0.05) is 12.1 Å². The summed E-state index contributed by atoms with van der Waals surface area (Å²) < 4.78 is 66.0. The van der Waals surface area contributed by atoms with Crippen molar-refractivity contribution in [3.05, 3.63) is 58.7 Å². The molecule has 31 heavy (non-hydrogen) atoms. The Bertz CT molecular complexity index is 1140. The van der Waals surface area contributed by atoms with Gasteiger partial charge in [0.2, 0.25) is 11.8 Å². The Balaban J connectivity index is 1.94. The number of halogens is 3. The molecule has 0 bridgehead atoms. The van der Waals surface area contributed by atoms with Crippen LogP contribution in [0, 0.1) is 20.8 Å². The van der Waals surface area contributed by atoms with Crippen molar-refractivity contribution in [3.63, 3.8) is 0 Å². The van der Waals surface area contributed by atoms with E-state index in [1.54, 1.807) is 26.0 Å². The lowest BCUT2D eigenvalue weighted by atomic mass is 10.1. The van der Waals surface area contributed by atoms with Crippen LogP contribution in [0.5, 0.6) is 0 Å². The number of anilines is 1. The fourth-order valence-corrected chi connectivity index (χ4v) is 5.90. The molecule has 0 aromatic heterocycles. The van der Waals surface area contributed by atoms with Gasteiger partial charge in [-0.25, -0.2) is 12.7 Å². The molecule has 1 N–H and O–H groups in total. The predicted octanol–water partition coefficient (Wildman–Crippen LogP) is 3.95. The van der Waals surface area contributed by atoms with Gasteiger partial charge in [-0.3, -0.25) is 9.59 Å². The molecule has 1 atom stereocenters. The second-order valence-corrected chi connectivity index (χ2v) is 9.30. The lowest BCUT2D eigenvalue weighted by Crippen LogP contribution is -2.45. The summed E-state index contributed by atoms with van der Waals surface area (Å²) in [7, 11) is -4.34. The molecule has 1 fully saturated rings. The summed E-state index contributed by atoms with van der Waals surface area (Å²) in [6.07, 6.45) is -4.82. The number of sulfonamides is 1. The van der Waals surface area contributed by atoms with E-state index in [1.807, 2.05) is 6.92 Å². The Morgan fingerprint density at radius 1 is 1.10 bits per heavy atom. The first-order chi connectivity index (χ1) is 14.3. The van der Waals surface area contributed by atoms with Crippen LogP contribution in [0.15, 0.2) is 41.3 Å². The molecule has 2 amide bonds. The van der Waals surface area contributed by atoms with E-state index in [4.69, 9.17) is 0 Å². The number of hydrogen-bond donors (Lipinski definition) is 1.